The smallest absolute Gasteiger partial charge is 0.790 e. The molecule has 0 heterocycles. The zero-order valence-electron chi connectivity index (χ0n) is 10.4. The van der Waals surface area contributed by atoms with E-state index in [1.54, 1.807) is 0 Å². The van der Waals surface area contributed by atoms with Crippen LogP contribution in [-0.4, -0.2) is 63.2 Å². The Kier molecular flexibility index (Phi) is 20.0. The van der Waals surface area contributed by atoms with E-state index in [4.69, 9.17) is 20.4 Å². The first-order valence-corrected chi connectivity index (χ1v) is 5.49. The van der Waals surface area contributed by atoms with Crippen LogP contribution in [0.1, 0.15) is 0 Å². The first-order valence-electron chi connectivity index (χ1n) is 4.03. The molecule has 19 heavy (non-hydrogen) atoms. The Morgan fingerprint density at radius 3 is 1.95 bits per heavy atom. The van der Waals surface area contributed by atoms with Crippen LogP contribution in [0.25, 0.3) is 0 Å². The fraction of sp³-hybridized carbons (Fsp3) is 0.833. The summed E-state index contributed by atoms with van der Waals surface area (Å²) in [6, 6.07) is 0. The van der Waals surface area contributed by atoms with Gasteiger partial charge in [-0.3, -0.25) is 4.79 Å². The normalized spacial score (nSPS) is 15.1. The largest absolute Gasteiger partial charge is 1.00 e. The van der Waals surface area contributed by atoms with Crippen molar-refractivity contribution in [3.05, 3.63) is 0 Å². The van der Waals surface area contributed by atoms with Crippen LogP contribution in [0.15, 0.2) is 0 Å². The molecule has 0 aliphatic rings. The summed E-state index contributed by atoms with van der Waals surface area (Å²) in [6.45, 7) is -2.16. The molecular weight excluding hydrogens is 309 g/mol. The Labute approximate surface area is 152 Å². The maximum absolute atomic E-state index is 10.7. The van der Waals surface area contributed by atoms with E-state index in [2.05, 4.69) is 4.52 Å². The van der Waals surface area contributed by atoms with Gasteiger partial charge in [-0.25, -0.2) is 0 Å². The average Bonchev–Trinajstić information content (AvgIpc) is 2.21. The molecule has 104 valence electrons. The molecule has 0 rings (SSSR count). The predicted octanol–water partition coefficient (Wildman–Crippen LogP) is -11.3. The first kappa shape index (κ1) is 28.7. The molecule has 0 bridgehead atoms. The van der Waals surface area contributed by atoms with Crippen molar-refractivity contribution in [1.29, 1.82) is 0 Å². The van der Waals surface area contributed by atoms with Gasteiger partial charge in [0.2, 0.25) is 0 Å². The Bertz CT molecular complexity index is 283. The third-order valence-electron chi connectivity index (χ3n) is 1.61. The standard InChI is InChI=1S/C6H13O9P.2Na.H2O/c7-1-3(8)5(10)6(11)4(9)2-15-16(12,13)14;;;/h4-7,9-11H,1-2H2,(H2,12,13,14);;;1H2/q;2*+1;/p-2/t4-,5-,6-;;;/m1.../s1. The summed E-state index contributed by atoms with van der Waals surface area (Å²) < 4.78 is 13.6. The minimum atomic E-state index is -5.31. The Morgan fingerprint density at radius 2 is 1.63 bits per heavy atom. The molecule has 13 heteroatoms. The van der Waals surface area contributed by atoms with E-state index >= 15 is 0 Å². The van der Waals surface area contributed by atoms with Crippen LogP contribution in [0.4, 0.5) is 0 Å². The number of aliphatic hydroxyl groups is 4. The summed E-state index contributed by atoms with van der Waals surface area (Å²) in [6.07, 6.45) is -6.12. The van der Waals surface area contributed by atoms with Crippen molar-refractivity contribution >= 4 is 13.6 Å². The first-order chi connectivity index (χ1) is 7.19. The Morgan fingerprint density at radius 1 is 1.21 bits per heavy atom. The number of Topliss-reactive ketones (excluding diaryl/α,β-unsaturated/α-hetero) is 1. The molecule has 0 amide bonds. The van der Waals surface area contributed by atoms with E-state index in [1.807, 2.05) is 0 Å². The van der Waals surface area contributed by atoms with Crippen LogP contribution in [-0.2, 0) is 13.9 Å². The zero-order chi connectivity index (χ0) is 12.9. The number of carbonyl (C=O) groups excluding carboxylic acids is 1. The van der Waals surface area contributed by atoms with Gasteiger partial charge in [-0.1, -0.05) is 0 Å². The number of hydrogen-bond acceptors (Lipinski definition) is 9. The second-order valence-corrected chi connectivity index (χ2v) is 4.02. The van der Waals surface area contributed by atoms with Gasteiger partial charge in [-0.05, 0) is 0 Å². The van der Waals surface area contributed by atoms with E-state index in [-0.39, 0.29) is 64.6 Å². The van der Waals surface area contributed by atoms with Crippen molar-refractivity contribution in [3.63, 3.8) is 0 Å². The van der Waals surface area contributed by atoms with Gasteiger partial charge in [0, 0.05) is 0 Å². The second-order valence-electron chi connectivity index (χ2n) is 2.87. The average molecular weight is 322 g/mol. The van der Waals surface area contributed by atoms with Gasteiger partial charge >= 0.3 is 59.1 Å². The monoisotopic (exact) mass is 322 g/mol. The molecular formula is C6H13Na2O10P. The summed E-state index contributed by atoms with van der Waals surface area (Å²) in [4.78, 5) is 30.7. The molecule has 0 radical (unpaired) electrons. The number of rotatable bonds is 7. The second kappa shape index (κ2) is 13.3. The molecule has 0 saturated heterocycles. The molecule has 3 atom stereocenters. The Balaban J connectivity index is -0.000000375. The molecule has 0 aromatic carbocycles. The third kappa shape index (κ3) is 13.0. The van der Waals surface area contributed by atoms with Crippen LogP contribution in [0.5, 0.6) is 0 Å². The van der Waals surface area contributed by atoms with Gasteiger partial charge in [0.15, 0.2) is 5.78 Å². The predicted molar refractivity (Wildman–Crippen MR) is 47.3 cm³/mol. The van der Waals surface area contributed by atoms with Crippen LogP contribution in [0.2, 0.25) is 0 Å². The number of hydrogen-bond donors (Lipinski definition) is 4. The molecule has 6 N–H and O–H groups in total. The van der Waals surface area contributed by atoms with E-state index in [0.29, 0.717) is 0 Å². The summed E-state index contributed by atoms with van der Waals surface area (Å²) in [5.41, 5.74) is 0. The fourth-order valence-electron chi connectivity index (χ4n) is 0.761. The number of aliphatic hydroxyl groups excluding tert-OH is 4. The molecule has 0 aliphatic carbocycles. The minimum absolute atomic E-state index is 0. The summed E-state index contributed by atoms with van der Waals surface area (Å²) in [5, 5.41) is 35.4. The van der Waals surface area contributed by atoms with Crippen molar-refractivity contribution in [2.75, 3.05) is 13.2 Å². The van der Waals surface area contributed by atoms with Crippen molar-refractivity contribution in [1.82, 2.24) is 0 Å². The third-order valence-corrected chi connectivity index (χ3v) is 2.07. The van der Waals surface area contributed by atoms with Crippen molar-refractivity contribution in [3.8, 4) is 0 Å². The molecule has 10 nitrogen and oxygen atoms in total. The summed E-state index contributed by atoms with van der Waals surface area (Å²) in [5.74, 6) is -1.17. The number of carbonyl (C=O) groups is 1. The molecule has 0 saturated carbocycles. The number of phosphoric ester groups is 1. The van der Waals surface area contributed by atoms with E-state index < -0.39 is 45.1 Å². The summed E-state index contributed by atoms with van der Waals surface area (Å²) >= 11 is 0. The van der Waals surface area contributed by atoms with Crippen LogP contribution in [0, 0.1) is 0 Å². The topological polar surface area (TPSA) is 202 Å². The maximum Gasteiger partial charge on any atom is 1.00 e. The van der Waals surface area contributed by atoms with Crippen LogP contribution in [0.3, 0.4) is 0 Å². The van der Waals surface area contributed by atoms with Crippen molar-refractivity contribution in [2.45, 2.75) is 18.3 Å². The van der Waals surface area contributed by atoms with E-state index in [0.717, 1.165) is 0 Å². The minimum Gasteiger partial charge on any atom is -0.790 e. The molecule has 0 aliphatic heterocycles. The van der Waals surface area contributed by atoms with Gasteiger partial charge in [0.1, 0.15) is 24.9 Å². The quantitative estimate of drug-likeness (QED) is 0.259. The van der Waals surface area contributed by atoms with E-state index in [1.165, 1.54) is 0 Å². The van der Waals surface area contributed by atoms with Crippen molar-refractivity contribution < 1.29 is 109 Å². The number of phosphoric acid groups is 1. The van der Waals surface area contributed by atoms with Crippen molar-refractivity contribution in [2.24, 2.45) is 0 Å². The summed E-state index contributed by atoms with van der Waals surface area (Å²) in [7, 11) is -5.31. The molecule has 0 aromatic rings. The van der Waals surface area contributed by atoms with Gasteiger partial charge in [-0.15, -0.1) is 0 Å². The van der Waals surface area contributed by atoms with Gasteiger partial charge in [-0.2, -0.15) is 0 Å². The SMILES string of the molecule is O.O=C(CO)[C@@H](O)[C@H](O)[C@H](O)COP(=O)([O-])[O-].[Na+].[Na+]. The Hall–Kier alpha value is 1.58. The van der Waals surface area contributed by atoms with Crippen LogP contribution >= 0.6 is 7.82 Å². The van der Waals surface area contributed by atoms with Gasteiger partial charge in [0.05, 0.1) is 14.4 Å². The molecule has 0 spiro atoms. The van der Waals surface area contributed by atoms with Gasteiger partial charge < -0.3 is 44.8 Å². The molecule has 0 unspecified atom stereocenters. The molecule has 0 fully saturated rings. The van der Waals surface area contributed by atoms with Crippen LogP contribution < -0.4 is 68.9 Å². The zero-order valence-corrected chi connectivity index (χ0v) is 15.3. The molecule has 0 aromatic heterocycles. The maximum atomic E-state index is 10.7. The van der Waals surface area contributed by atoms with Gasteiger partial charge in [0.25, 0.3) is 0 Å². The van der Waals surface area contributed by atoms with E-state index in [9.17, 15) is 19.1 Å². The fourth-order valence-corrected chi connectivity index (χ4v) is 1.10. The number of ketones is 1.